The molecule has 0 saturated carbocycles. The molecule has 2 aromatic carbocycles. The maximum Gasteiger partial charge on any atom is 0.255 e. The number of carbonyl (C=O) groups is 1. The number of methoxy groups -OCH3 is 3. The fourth-order valence-corrected chi connectivity index (χ4v) is 4.32. The number of benzene rings is 2. The largest absolute Gasteiger partial charge is 0.497 e. The van der Waals surface area contributed by atoms with Gasteiger partial charge in [0.05, 0.1) is 38.8 Å². The zero-order valence-electron chi connectivity index (χ0n) is 20.9. The van der Waals surface area contributed by atoms with E-state index in [1.54, 1.807) is 56.6 Å². The van der Waals surface area contributed by atoms with Crippen LogP contribution in [-0.2, 0) is 4.79 Å². The molecule has 2 aromatic heterocycles. The standard InChI is InChI=1S/C27H26N6O4/c1-16-23(26(34)30-18-8-7-11-28-15-18)24(21-9-5-6-10-22(21)37-4)33-27(29-16)31-25(32-33)17-12-19(35-2)14-20(13-17)36-3/h5-15,24H,1-4H3,(H,30,34)(H,29,31,32)/t24-/m1/s1. The molecule has 1 atom stereocenters. The number of carbonyl (C=O) groups excluding carboxylic acids is 1. The fraction of sp³-hybridized carbons (Fsp3) is 0.185. The Balaban J connectivity index is 1.64. The predicted octanol–water partition coefficient (Wildman–Crippen LogP) is 4.29. The summed E-state index contributed by atoms with van der Waals surface area (Å²) >= 11 is 0. The number of ether oxygens (including phenoxy) is 3. The van der Waals surface area contributed by atoms with Gasteiger partial charge < -0.3 is 24.8 Å². The van der Waals surface area contributed by atoms with Crippen LogP contribution >= 0.6 is 0 Å². The summed E-state index contributed by atoms with van der Waals surface area (Å²) in [6.07, 6.45) is 3.24. The van der Waals surface area contributed by atoms with Gasteiger partial charge in [0, 0.05) is 29.1 Å². The molecule has 0 aliphatic carbocycles. The summed E-state index contributed by atoms with van der Waals surface area (Å²) < 4.78 is 18.2. The second kappa shape index (κ2) is 10.0. The molecular weight excluding hydrogens is 472 g/mol. The van der Waals surface area contributed by atoms with Crippen molar-refractivity contribution in [2.24, 2.45) is 0 Å². The lowest BCUT2D eigenvalue weighted by molar-refractivity contribution is -0.113. The number of allylic oxidation sites excluding steroid dienone is 1. The lowest BCUT2D eigenvalue weighted by Gasteiger charge is -2.29. The second-order valence-electron chi connectivity index (χ2n) is 8.31. The number of fused-ring (bicyclic) bond motifs is 1. The van der Waals surface area contributed by atoms with Crippen LogP contribution < -0.4 is 24.8 Å². The monoisotopic (exact) mass is 498 g/mol. The Kier molecular flexibility index (Phi) is 6.46. The third-order valence-corrected chi connectivity index (χ3v) is 6.06. The van der Waals surface area contributed by atoms with Gasteiger partial charge in [-0.25, -0.2) is 4.68 Å². The van der Waals surface area contributed by atoms with Gasteiger partial charge in [0.1, 0.15) is 23.3 Å². The van der Waals surface area contributed by atoms with E-state index in [1.807, 2.05) is 43.3 Å². The zero-order chi connectivity index (χ0) is 25.9. The average molecular weight is 499 g/mol. The molecule has 0 unspecified atom stereocenters. The molecule has 1 aliphatic rings. The molecule has 2 N–H and O–H groups in total. The van der Waals surface area contributed by atoms with Crippen LogP contribution in [0.3, 0.4) is 0 Å². The number of para-hydroxylation sites is 1. The highest BCUT2D eigenvalue weighted by Gasteiger charge is 2.36. The molecule has 10 nitrogen and oxygen atoms in total. The highest BCUT2D eigenvalue weighted by molar-refractivity contribution is 6.06. The topological polar surface area (TPSA) is 112 Å². The first kappa shape index (κ1) is 23.9. The number of rotatable bonds is 7. The molecule has 0 bridgehead atoms. The zero-order valence-corrected chi connectivity index (χ0v) is 20.9. The Hall–Kier alpha value is -4.86. The highest BCUT2D eigenvalue weighted by Crippen LogP contribution is 2.40. The van der Waals surface area contributed by atoms with E-state index in [2.05, 4.69) is 15.6 Å². The van der Waals surface area contributed by atoms with Crippen LogP contribution in [0.5, 0.6) is 17.2 Å². The van der Waals surface area contributed by atoms with Crippen molar-refractivity contribution in [3.8, 4) is 28.6 Å². The Morgan fingerprint density at radius 3 is 2.43 bits per heavy atom. The molecule has 0 fully saturated rings. The summed E-state index contributed by atoms with van der Waals surface area (Å²) in [6.45, 7) is 1.84. The van der Waals surface area contributed by atoms with Crippen molar-refractivity contribution in [3.63, 3.8) is 0 Å². The molecule has 1 aliphatic heterocycles. The van der Waals surface area contributed by atoms with Crippen LogP contribution in [0.1, 0.15) is 18.5 Å². The Bertz CT molecular complexity index is 1460. The maximum atomic E-state index is 13.6. The van der Waals surface area contributed by atoms with Crippen LogP contribution in [0.15, 0.2) is 78.3 Å². The average Bonchev–Trinajstić information content (AvgIpc) is 3.36. The molecule has 188 valence electrons. The lowest BCUT2D eigenvalue weighted by Crippen LogP contribution is -2.31. The molecule has 0 spiro atoms. The molecule has 5 rings (SSSR count). The molecular formula is C27H26N6O4. The van der Waals surface area contributed by atoms with Crippen LogP contribution in [-0.4, -0.2) is 47.0 Å². The number of aromatic nitrogens is 4. The molecule has 3 heterocycles. The normalized spacial score (nSPS) is 14.4. The molecule has 1 amide bonds. The van der Waals surface area contributed by atoms with Gasteiger partial charge in [-0.2, -0.15) is 4.98 Å². The number of amides is 1. The van der Waals surface area contributed by atoms with E-state index in [4.69, 9.17) is 24.3 Å². The van der Waals surface area contributed by atoms with E-state index >= 15 is 0 Å². The molecule has 37 heavy (non-hydrogen) atoms. The van der Waals surface area contributed by atoms with E-state index < -0.39 is 6.04 Å². The van der Waals surface area contributed by atoms with Crippen molar-refractivity contribution in [1.82, 2.24) is 19.7 Å². The lowest BCUT2D eigenvalue weighted by atomic mass is 9.94. The van der Waals surface area contributed by atoms with E-state index in [9.17, 15) is 4.79 Å². The molecule has 0 radical (unpaired) electrons. The van der Waals surface area contributed by atoms with Gasteiger partial charge in [0.25, 0.3) is 5.91 Å². The number of nitrogens with zero attached hydrogens (tertiary/aromatic N) is 4. The van der Waals surface area contributed by atoms with Crippen molar-refractivity contribution in [3.05, 3.63) is 83.8 Å². The first-order valence-corrected chi connectivity index (χ1v) is 11.5. The van der Waals surface area contributed by atoms with Crippen LogP contribution in [0, 0.1) is 0 Å². The summed E-state index contributed by atoms with van der Waals surface area (Å²) in [5, 5.41) is 11.0. The van der Waals surface area contributed by atoms with Gasteiger partial charge in [-0.05, 0) is 37.3 Å². The summed E-state index contributed by atoms with van der Waals surface area (Å²) in [6, 6.07) is 15.9. The SMILES string of the molecule is COc1cc(OC)cc(-c2nc3n(n2)[C@H](c2ccccc2OC)C(C(=O)Nc2cccnc2)=C(C)N3)c1. The number of hydrogen-bond acceptors (Lipinski definition) is 8. The van der Waals surface area contributed by atoms with E-state index in [0.717, 1.165) is 5.56 Å². The van der Waals surface area contributed by atoms with Gasteiger partial charge in [0.2, 0.25) is 5.95 Å². The van der Waals surface area contributed by atoms with E-state index in [-0.39, 0.29) is 5.91 Å². The minimum atomic E-state index is -0.613. The minimum Gasteiger partial charge on any atom is -0.497 e. The summed E-state index contributed by atoms with van der Waals surface area (Å²) in [5.41, 5.74) is 3.17. The minimum absolute atomic E-state index is 0.292. The van der Waals surface area contributed by atoms with Gasteiger partial charge in [-0.1, -0.05) is 18.2 Å². The highest BCUT2D eigenvalue weighted by atomic mass is 16.5. The van der Waals surface area contributed by atoms with Gasteiger partial charge in [-0.3, -0.25) is 9.78 Å². The third-order valence-electron chi connectivity index (χ3n) is 6.06. The summed E-state index contributed by atoms with van der Waals surface area (Å²) in [7, 11) is 4.77. The van der Waals surface area contributed by atoms with Gasteiger partial charge in [-0.15, -0.1) is 5.10 Å². The van der Waals surface area contributed by atoms with Crippen LogP contribution in [0.4, 0.5) is 11.6 Å². The van der Waals surface area contributed by atoms with Crippen molar-refractivity contribution >= 4 is 17.5 Å². The Morgan fingerprint density at radius 1 is 1.00 bits per heavy atom. The smallest absolute Gasteiger partial charge is 0.255 e. The first-order chi connectivity index (χ1) is 18.0. The van der Waals surface area contributed by atoms with Crippen molar-refractivity contribution in [2.75, 3.05) is 32.0 Å². The number of anilines is 2. The molecule has 10 heteroatoms. The maximum absolute atomic E-state index is 13.6. The van der Waals surface area contributed by atoms with Crippen molar-refractivity contribution < 1.29 is 19.0 Å². The number of pyridine rings is 1. The van der Waals surface area contributed by atoms with Crippen molar-refractivity contribution in [1.29, 1.82) is 0 Å². The van der Waals surface area contributed by atoms with Gasteiger partial charge >= 0.3 is 0 Å². The molecule has 0 saturated heterocycles. The quantitative estimate of drug-likeness (QED) is 0.388. The third kappa shape index (κ3) is 4.56. The summed E-state index contributed by atoms with van der Waals surface area (Å²) in [4.78, 5) is 22.5. The van der Waals surface area contributed by atoms with Crippen LogP contribution in [0.2, 0.25) is 0 Å². The predicted molar refractivity (Wildman–Crippen MR) is 139 cm³/mol. The molecule has 4 aromatic rings. The van der Waals surface area contributed by atoms with Gasteiger partial charge in [0.15, 0.2) is 5.82 Å². The summed E-state index contributed by atoms with van der Waals surface area (Å²) in [5.74, 6) is 2.49. The van der Waals surface area contributed by atoms with E-state index in [1.165, 1.54) is 0 Å². The van der Waals surface area contributed by atoms with Crippen molar-refractivity contribution in [2.45, 2.75) is 13.0 Å². The van der Waals surface area contributed by atoms with Crippen LogP contribution in [0.25, 0.3) is 11.4 Å². The Labute approximate surface area is 213 Å². The van der Waals surface area contributed by atoms with E-state index in [0.29, 0.717) is 51.5 Å². The Morgan fingerprint density at radius 2 is 1.76 bits per heavy atom. The first-order valence-electron chi connectivity index (χ1n) is 11.5. The number of hydrogen-bond donors (Lipinski definition) is 2. The fourth-order valence-electron chi connectivity index (χ4n) is 4.32. The second-order valence-corrected chi connectivity index (χ2v) is 8.31. The number of nitrogens with one attached hydrogen (secondary N) is 2.